The van der Waals surface area contributed by atoms with E-state index in [1.54, 1.807) is 12.4 Å². The molecule has 0 spiro atoms. The number of carbonyl (C=O) groups is 1. The molecule has 0 aliphatic carbocycles. The van der Waals surface area contributed by atoms with Crippen molar-refractivity contribution in [2.75, 3.05) is 0 Å². The number of carbonyl (C=O) groups excluding carboxylic acids is 1. The lowest BCUT2D eigenvalue weighted by Gasteiger charge is -2.11. The van der Waals surface area contributed by atoms with Gasteiger partial charge < -0.3 is 5.32 Å². The number of amides is 1. The number of rotatable bonds is 4. The van der Waals surface area contributed by atoms with Gasteiger partial charge >= 0.3 is 0 Å². The van der Waals surface area contributed by atoms with E-state index in [1.165, 1.54) is 0 Å². The van der Waals surface area contributed by atoms with Gasteiger partial charge in [0.15, 0.2) is 0 Å². The first-order valence-electron chi connectivity index (χ1n) is 8.94. The summed E-state index contributed by atoms with van der Waals surface area (Å²) in [4.78, 5) is 21.8. The first-order chi connectivity index (χ1) is 13.6. The highest BCUT2D eigenvalue weighted by atomic mass is 79.9. The number of nitrogens with one attached hydrogen (secondary N) is 1. The Bertz CT molecular complexity index is 1160. The monoisotopic (exact) mass is 431 g/mol. The molecule has 2 aromatic heterocycles. The minimum Gasteiger partial charge on any atom is -0.348 e. The molecule has 0 atom stereocenters. The average molecular weight is 432 g/mol. The number of hydrogen-bond donors (Lipinski definition) is 1. The van der Waals surface area contributed by atoms with Crippen LogP contribution in [-0.2, 0) is 6.54 Å². The third-order valence-electron chi connectivity index (χ3n) is 4.53. The van der Waals surface area contributed by atoms with Crippen molar-refractivity contribution in [3.8, 4) is 11.3 Å². The van der Waals surface area contributed by atoms with Gasteiger partial charge in [0.25, 0.3) is 5.91 Å². The van der Waals surface area contributed by atoms with E-state index < -0.39 is 0 Å². The zero-order valence-electron chi connectivity index (χ0n) is 15.3. The lowest BCUT2D eigenvalue weighted by Crippen LogP contribution is -2.23. The highest BCUT2D eigenvalue weighted by Gasteiger charge is 2.14. The van der Waals surface area contributed by atoms with Crippen molar-refractivity contribution in [3.63, 3.8) is 0 Å². The summed E-state index contributed by atoms with van der Waals surface area (Å²) in [6.45, 7) is 2.49. The van der Waals surface area contributed by atoms with Crippen molar-refractivity contribution >= 4 is 32.7 Å². The Kier molecular flexibility index (Phi) is 5.17. The van der Waals surface area contributed by atoms with Gasteiger partial charge in [-0.2, -0.15) is 0 Å². The molecule has 5 heteroatoms. The van der Waals surface area contributed by atoms with Crippen molar-refractivity contribution in [1.82, 2.24) is 15.3 Å². The van der Waals surface area contributed by atoms with E-state index in [2.05, 4.69) is 32.3 Å². The average Bonchev–Trinajstić information content (AvgIpc) is 2.72. The topological polar surface area (TPSA) is 54.9 Å². The molecule has 0 aliphatic heterocycles. The van der Waals surface area contributed by atoms with E-state index in [-0.39, 0.29) is 5.91 Å². The fourth-order valence-corrected chi connectivity index (χ4v) is 3.48. The number of halogens is 1. The van der Waals surface area contributed by atoms with Gasteiger partial charge in [-0.25, -0.2) is 4.98 Å². The summed E-state index contributed by atoms with van der Waals surface area (Å²) in [6, 6.07) is 19.6. The van der Waals surface area contributed by atoms with Crippen molar-refractivity contribution in [1.29, 1.82) is 0 Å². The maximum absolute atomic E-state index is 13.0. The Labute approximate surface area is 171 Å². The van der Waals surface area contributed by atoms with E-state index in [9.17, 15) is 4.79 Å². The molecule has 28 heavy (non-hydrogen) atoms. The maximum atomic E-state index is 13.0. The number of hydrogen-bond acceptors (Lipinski definition) is 3. The maximum Gasteiger partial charge on any atom is 0.252 e. The molecule has 0 radical (unpaired) electrons. The SMILES string of the molecule is Cc1cccc(-c2cc(C(=O)NCc3ccncc3)c3cc(Br)ccc3n2)c1. The van der Waals surface area contributed by atoms with Crippen LogP contribution in [0.5, 0.6) is 0 Å². The van der Waals surface area contributed by atoms with Gasteiger partial charge in [-0.3, -0.25) is 9.78 Å². The standard InChI is InChI=1S/C23H18BrN3O/c1-15-3-2-4-17(11-15)22-13-20(19-12-18(24)5-6-21(19)27-22)23(28)26-14-16-7-9-25-10-8-16/h2-13H,14H2,1H3,(H,26,28). The first-order valence-corrected chi connectivity index (χ1v) is 9.74. The normalized spacial score (nSPS) is 10.8. The van der Waals surface area contributed by atoms with Crippen LogP contribution in [0.4, 0.5) is 0 Å². The second-order valence-corrected chi connectivity index (χ2v) is 7.54. The summed E-state index contributed by atoms with van der Waals surface area (Å²) in [7, 11) is 0. The van der Waals surface area contributed by atoms with Crippen molar-refractivity contribution in [2.45, 2.75) is 13.5 Å². The molecule has 0 bridgehead atoms. The molecule has 4 aromatic rings. The molecule has 4 nitrogen and oxygen atoms in total. The lowest BCUT2D eigenvalue weighted by atomic mass is 10.0. The van der Waals surface area contributed by atoms with Crippen LogP contribution in [0.2, 0.25) is 0 Å². The molecule has 2 aromatic carbocycles. The number of fused-ring (bicyclic) bond motifs is 1. The molecule has 1 amide bonds. The molecule has 0 saturated heterocycles. The lowest BCUT2D eigenvalue weighted by molar-refractivity contribution is 0.0952. The summed E-state index contributed by atoms with van der Waals surface area (Å²) in [5.74, 6) is -0.129. The number of benzene rings is 2. The zero-order chi connectivity index (χ0) is 19.5. The van der Waals surface area contributed by atoms with Gasteiger partial charge in [-0.05, 0) is 55.0 Å². The van der Waals surface area contributed by atoms with E-state index in [4.69, 9.17) is 4.98 Å². The van der Waals surface area contributed by atoms with E-state index in [0.29, 0.717) is 12.1 Å². The van der Waals surface area contributed by atoms with E-state index in [0.717, 1.165) is 37.8 Å². The van der Waals surface area contributed by atoms with Gasteiger partial charge in [0, 0.05) is 34.4 Å². The van der Waals surface area contributed by atoms with Crippen LogP contribution >= 0.6 is 15.9 Å². The Balaban J connectivity index is 1.76. The summed E-state index contributed by atoms with van der Waals surface area (Å²) in [5.41, 5.74) is 5.33. The third kappa shape index (κ3) is 3.94. The van der Waals surface area contributed by atoms with Gasteiger partial charge in [0.2, 0.25) is 0 Å². The van der Waals surface area contributed by atoms with Crippen LogP contribution in [0, 0.1) is 6.92 Å². The predicted octanol–water partition coefficient (Wildman–Crippen LogP) is 5.30. The second-order valence-electron chi connectivity index (χ2n) is 6.62. The number of aryl methyl sites for hydroxylation is 1. The molecule has 0 unspecified atom stereocenters. The summed E-state index contributed by atoms with van der Waals surface area (Å²) < 4.78 is 0.910. The highest BCUT2D eigenvalue weighted by molar-refractivity contribution is 9.10. The summed E-state index contributed by atoms with van der Waals surface area (Å²) in [5, 5.41) is 3.82. The largest absolute Gasteiger partial charge is 0.348 e. The fourth-order valence-electron chi connectivity index (χ4n) is 3.12. The molecule has 1 N–H and O–H groups in total. The predicted molar refractivity (Wildman–Crippen MR) is 115 cm³/mol. The quantitative estimate of drug-likeness (QED) is 0.476. The van der Waals surface area contributed by atoms with E-state index >= 15 is 0 Å². The Morgan fingerprint density at radius 3 is 2.64 bits per heavy atom. The Morgan fingerprint density at radius 2 is 1.86 bits per heavy atom. The molecule has 0 aliphatic rings. The minimum absolute atomic E-state index is 0.129. The molecule has 0 fully saturated rings. The van der Waals surface area contributed by atoms with E-state index in [1.807, 2.05) is 61.5 Å². The number of pyridine rings is 2. The van der Waals surface area contributed by atoms with Crippen LogP contribution in [0.3, 0.4) is 0 Å². The molecule has 0 saturated carbocycles. The summed E-state index contributed by atoms with van der Waals surface area (Å²) >= 11 is 3.50. The third-order valence-corrected chi connectivity index (χ3v) is 5.02. The van der Waals surface area contributed by atoms with Crippen LogP contribution < -0.4 is 5.32 Å². The van der Waals surface area contributed by atoms with Crippen molar-refractivity contribution in [2.24, 2.45) is 0 Å². The highest BCUT2D eigenvalue weighted by Crippen LogP contribution is 2.27. The van der Waals surface area contributed by atoms with Gasteiger partial charge in [0.05, 0.1) is 16.8 Å². The summed E-state index contributed by atoms with van der Waals surface area (Å²) in [6.07, 6.45) is 3.44. The van der Waals surface area contributed by atoms with Gasteiger partial charge in [-0.15, -0.1) is 0 Å². The molecular formula is C23H18BrN3O. The van der Waals surface area contributed by atoms with Gasteiger partial charge in [0.1, 0.15) is 0 Å². The second kappa shape index (κ2) is 7.90. The van der Waals surface area contributed by atoms with Crippen LogP contribution in [-0.4, -0.2) is 15.9 Å². The van der Waals surface area contributed by atoms with Crippen molar-refractivity contribution < 1.29 is 4.79 Å². The smallest absolute Gasteiger partial charge is 0.252 e. The van der Waals surface area contributed by atoms with Crippen LogP contribution in [0.15, 0.2) is 77.5 Å². The molecular weight excluding hydrogens is 414 g/mol. The molecule has 4 rings (SSSR count). The minimum atomic E-state index is -0.129. The van der Waals surface area contributed by atoms with Crippen LogP contribution in [0.1, 0.15) is 21.5 Å². The molecule has 2 heterocycles. The Hall–Kier alpha value is -3.05. The molecule has 138 valence electrons. The number of aromatic nitrogens is 2. The zero-order valence-corrected chi connectivity index (χ0v) is 16.9. The fraction of sp³-hybridized carbons (Fsp3) is 0.0870. The van der Waals surface area contributed by atoms with Gasteiger partial charge in [-0.1, -0.05) is 39.7 Å². The number of nitrogens with zero attached hydrogens (tertiary/aromatic N) is 2. The first kappa shape index (κ1) is 18.3. The van der Waals surface area contributed by atoms with Crippen LogP contribution in [0.25, 0.3) is 22.2 Å². The Morgan fingerprint density at radius 1 is 1.04 bits per heavy atom. The van der Waals surface area contributed by atoms with Crippen molar-refractivity contribution in [3.05, 3.63) is 94.2 Å².